The molecule has 0 fully saturated rings. The molecule has 0 unspecified atom stereocenters. The summed E-state index contributed by atoms with van der Waals surface area (Å²) in [6.07, 6.45) is 1.65. The number of aromatic nitrogens is 2. The quantitative estimate of drug-likeness (QED) is 0.523. The van der Waals surface area contributed by atoms with Crippen LogP contribution in [0.5, 0.6) is 0 Å². The third kappa shape index (κ3) is 2.92. The molecule has 0 radical (unpaired) electrons. The van der Waals surface area contributed by atoms with E-state index in [9.17, 15) is 9.59 Å². The highest BCUT2D eigenvalue weighted by Gasteiger charge is 2.20. The molecule has 0 saturated heterocycles. The third-order valence-corrected chi connectivity index (χ3v) is 5.51. The first-order valence-electron chi connectivity index (χ1n) is 8.31. The van der Waals surface area contributed by atoms with E-state index >= 15 is 0 Å². The molecule has 0 spiro atoms. The molecule has 3 heterocycles. The minimum atomic E-state index is -0.311. The molecular weight excluding hydrogens is 360 g/mol. The maximum absolute atomic E-state index is 12.9. The van der Waals surface area contributed by atoms with Crippen LogP contribution in [0, 0.1) is 6.92 Å². The summed E-state index contributed by atoms with van der Waals surface area (Å²) in [7, 11) is 0. The van der Waals surface area contributed by atoms with Gasteiger partial charge in [-0.15, -0.1) is 11.3 Å². The Morgan fingerprint density at radius 2 is 1.93 bits per heavy atom. The zero-order valence-corrected chi connectivity index (χ0v) is 15.6. The Balaban J connectivity index is 1.76. The summed E-state index contributed by atoms with van der Waals surface area (Å²) < 4.78 is 0. The molecule has 6 nitrogen and oxygen atoms in total. The average Bonchev–Trinajstić information content (AvgIpc) is 2.97. The Morgan fingerprint density at radius 3 is 2.70 bits per heavy atom. The number of nitrogen functional groups attached to an aromatic ring is 1. The Kier molecular flexibility index (Phi) is 4.08. The highest BCUT2D eigenvalue weighted by atomic mass is 32.1. The van der Waals surface area contributed by atoms with E-state index in [1.165, 1.54) is 18.3 Å². The van der Waals surface area contributed by atoms with Crippen molar-refractivity contribution in [2.75, 3.05) is 11.1 Å². The number of amides is 1. The zero-order chi connectivity index (χ0) is 19.1. The van der Waals surface area contributed by atoms with Crippen molar-refractivity contribution in [3.8, 4) is 0 Å². The number of Topliss-reactive ketones (excluding diaryl/α,β-unsaturated/α-hetero) is 1. The van der Waals surface area contributed by atoms with Gasteiger partial charge >= 0.3 is 0 Å². The lowest BCUT2D eigenvalue weighted by Crippen LogP contribution is -2.12. The van der Waals surface area contributed by atoms with Gasteiger partial charge in [0.2, 0.25) is 0 Å². The Morgan fingerprint density at radius 1 is 1.15 bits per heavy atom. The maximum atomic E-state index is 12.9. The first-order valence-corrected chi connectivity index (χ1v) is 9.13. The smallest absolute Gasteiger partial charge is 0.267 e. The van der Waals surface area contributed by atoms with Crippen LogP contribution in [-0.4, -0.2) is 21.7 Å². The van der Waals surface area contributed by atoms with Crippen molar-refractivity contribution in [3.05, 3.63) is 58.7 Å². The molecule has 3 aromatic heterocycles. The van der Waals surface area contributed by atoms with Crippen LogP contribution in [0.15, 0.2) is 42.6 Å². The summed E-state index contributed by atoms with van der Waals surface area (Å²) in [5, 5.41) is 4.39. The number of fused-ring (bicyclic) bond motifs is 2. The van der Waals surface area contributed by atoms with Crippen molar-refractivity contribution in [1.82, 2.24) is 9.97 Å². The first-order chi connectivity index (χ1) is 13.0. The second kappa shape index (κ2) is 6.44. The number of para-hydroxylation sites is 1. The molecule has 1 amide bonds. The van der Waals surface area contributed by atoms with Crippen LogP contribution in [-0.2, 0) is 0 Å². The van der Waals surface area contributed by atoms with Gasteiger partial charge < -0.3 is 11.1 Å². The van der Waals surface area contributed by atoms with Crippen molar-refractivity contribution < 1.29 is 9.59 Å². The molecule has 27 heavy (non-hydrogen) atoms. The lowest BCUT2D eigenvalue weighted by molar-refractivity contribution is 0.101. The molecule has 4 aromatic rings. The SMILES string of the molecule is CC(=O)c1cc2c(N)c(C(=O)Nc3ccnc4ccccc34)sc2nc1C. The molecule has 0 bridgehead atoms. The number of nitrogens with two attached hydrogens (primary N) is 1. The van der Waals surface area contributed by atoms with Crippen molar-refractivity contribution in [2.45, 2.75) is 13.8 Å². The summed E-state index contributed by atoms with van der Waals surface area (Å²) in [4.78, 5) is 34.4. The molecule has 0 atom stereocenters. The first kappa shape index (κ1) is 17.1. The summed E-state index contributed by atoms with van der Waals surface area (Å²) in [5.74, 6) is -0.393. The third-order valence-electron chi connectivity index (χ3n) is 4.39. The maximum Gasteiger partial charge on any atom is 0.267 e. The zero-order valence-electron chi connectivity index (χ0n) is 14.7. The highest BCUT2D eigenvalue weighted by Crippen LogP contribution is 2.34. The fourth-order valence-corrected chi connectivity index (χ4v) is 4.06. The number of ketones is 1. The van der Waals surface area contributed by atoms with E-state index in [-0.39, 0.29) is 11.7 Å². The molecular formula is C20H16N4O2S. The number of rotatable bonds is 3. The van der Waals surface area contributed by atoms with Gasteiger partial charge in [0.25, 0.3) is 5.91 Å². The summed E-state index contributed by atoms with van der Waals surface area (Å²) >= 11 is 1.22. The standard InChI is InChI=1S/C20H16N4O2S/c1-10-13(11(2)25)9-14-17(21)18(27-20(14)23-10)19(26)24-16-7-8-22-15-6-4-3-5-12(15)16/h3-9H,21H2,1-2H3,(H,22,24,26). The molecule has 0 aliphatic rings. The molecule has 0 aliphatic carbocycles. The number of hydrogen-bond donors (Lipinski definition) is 2. The Bertz CT molecular complexity index is 1220. The topological polar surface area (TPSA) is 98.0 Å². The van der Waals surface area contributed by atoms with Gasteiger partial charge in [-0.05, 0) is 32.0 Å². The fourth-order valence-electron chi connectivity index (χ4n) is 3.04. The number of carbonyl (C=O) groups excluding carboxylic acids is 2. The number of anilines is 2. The largest absolute Gasteiger partial charge is 0.397 e. The lowest BCUT2D eigenvalue weighted by atomic mass is 10.1. The van der Waals surface area contributed by atoms with Crippen molar-refractivity contribution >= 4 is 55.5 Å². The molecule has 4 rings (SSSR count). The van der Waals surface area contributed by atoms with Gasteiger partial charge in [-0.25, -0.2) is 4.98 Å². The van der Waals surface area contributed by atoms with E-state index in [4.69, 9.17) is 5.73 Å². The van der Waals surface area contributed by atoms with Crippen LogP contribution in [0.4, 0.5) is 11.4 Å². The van der Waals surface area contributed by atoms with Gasteiger partial charge in [-0.2, -0.15) is 0 Å². The predicted molar refractivity (Wildman–Crippen MR) is 108 cm³/mol. The molecule has 1 aromatic carbocycles. The summed E-state index contributed by atoms with van der Waals surface area (Å²) in [5.41, 5.74) is 9.14. The van der Waals surface area contributed by atoms with Crippen molar-refractivity contribution in [1.29, 1.82) is 0 Å². The van der Waals surface area contributed by atoms with Gasteiger partial charge in [0.15, 0.2) is 5.78 Å². The van der Waals surface area contributed by atoms with E-state index in [1.807, 2.05) is 24.3 Å². The van der Waals surface area contributed by atoms with E-state index in [2.05, 4.69) is 15.3 Å². The number of pyridine rings is 2. The normalized spacial score (nSPS) is 11.0. The number of nitrogens with zero attached hydrogens (tertiary/aromatic N) is 2. The highest BCUT2D eigenvalue weighted by molar-refractivity contribution is 7.21. The molecule has 3 N–H and O–H groups in total. The number of hydrogen-bond acceptors (Lipinski definition) is 6. The predicted octanol–water partition coefficient (Wildman–Crippen LogP) is 4.19. The lowest BCUT2D eigenvalue weighted by Gasteiger charge is -2.07. The van der Waals surface area contributed by atoms with Crippen LogP contribution in [0.25, 0.3) is 21.1 Å². The summed E-state index contributed by atoms with van der Waals surface area (Å²) in [6, 6.07) is 11.0. The molecule has 134 valence electrons. The van der Waals surface area contributed by atoms with Gasteiger partial charge in [-0.3, -0.25) is 14.6 Å². The van der Waals surface area contributed by atoms with E-state index in [0.717, 1.165) is 10.9 Å². The fraction of sp³-hybridized carbons (Fsp3) is 0.100. The molecule has 7 heteroatoms. The number of thiophene rings is 1. The van der Waals surface area contributed by atoms with Gasteiger partial charge in [-0.1, -0.05) is 18.2 Å². The van der Waals surface area contributed by atoms with Crippen LogP contribution < -0.4 is 11.1 Å². The van der Waals surface area contributed by atoms with Crippen molar-refractivity contribution in [2.24, 2.45) is 0 Å². The van der Waals surface area contributed by atoms with Crippen LogP contribution in [0.1, 0.15) is 32.6 Å². The minimum Gasteiger partial charge on any atom is -0.397 e. The van der Waals surface area contributed by atoms with Crippen LogP contribution in [0.2, 0.25) is 0 Å². The summed E-state index contributed by atoms with van der Waals surface area (Å²) in [6.45, 7) is 3.26. The van der Waals surface area contributed by atoms with Crippen LogP contribution >= 0.6 is 11.3 Å². The molecule has 0 saturated carbocycles. The minimum absolute atomic E-state index is 0.0817. The van der Waals surface area contributed by atoms with E-state index < -0.39 is 0 Å². The van der Waals surface area contributed by atoms with Gasteiger partial charge in [0.1, 0.15) is 9.71 Å². The van der Waals surface area contributed by atoms with Gasteiger partial charge in [0.05, 0.1) is 16.9 Å². The number of aryl methyl sites for hydroxylation is 1. The number of benzene rings is 1. The number of nitrogens with one attached hydrogen (secondary N) is 1. The second-order valence-corrected chi connectivity index (χ2v) is 7.20. The molecule has 0 aliphatic heterocycles. The van der Waals surface area contributed by atoms with Crippen LogP contribution in [0.3, 0.4) is 0 Å². The number of carbonyl (C=O) groups is 2. The Labute approximate surface area is 159 Å². The van der Waals surface area contributed by atoms with E-state index in [1.54, 1.807) is 25.3 Å². The van der Waals surface area contributed by atoms with Gasteiger partial charge in [0, 0.05) is 28.2 Å². The average molecular weight is 376 g/mol. The van der Waals surface area contributed by atoms with E-state index in [0.29, 0.717) is 37.7 Å². The second-order valence-electron chi connectivity index (χ2n) is 6.20. The van der Waals surface area contributed by atoms with Crippen molar-refractivity contribution in [3.63, 3.8) is 0 Å². The Hall–Kier alpha value is -3.32. The monoisotopic (exact) mass is 376 g/mol.